The minimum Gasteiger partial charge on any atom is -0.362 e. The van der Waals surface area contributed by atoms with Gasteiger partial charge < -0.3 is 5.32 Å². The molecule has 1 aromatic rings. The Balaban J connectivity index is 1.79. The Kier molecular flexibility index (Phi) is 2.48. The second kappa shape index (κ2) is 3.91. The average molecular weight is 251 g/mol. The molecule has 5 nitrogen and oxygen atoms in total. The second-order valence-corrected chi connectivity index (χ2v) is 5.05. The Morgan fingerprint density at radius 1 is 1.50 bits per heavy atom. The van der Waals surface area contributed by atoms with Gasteiger partial charge in [0.2, 0.25) is 0 Å². The van der Waals surface area contributed by atoms with Crippen molar-refractivity contribution >= 4 is 11.7 Å². The van der Waals surface area contributed by atoms with Gasteiger partial charge in [0.1, 0.15) is 0 Å². The number of hydroxylamine groups is 1. The van der Waals surface area contributed by atoms with E-state index < -0.39 is 11.7 Å². The number of aromatic nitrogens is 1. The first-order chi connectivity index (χ1) is 8.64. The molecular formula is C12H14FN3O2. The summed E-state index contributed by atoms with van der Waals surface area (Å²) in [5.41, 5.74) is 1.48. The normalized spacial score (nSPS) is 20.3. The first-order valence-electron chi connectivity index (χ1n) is 6.03. The molecule has 0 unspecified atom stereocenters. The summed E-state index contributed by atoms with van der Waals surface area (Å²) in [6.45, 7) is 0. The van der Waals surface area contributed by atoms with Gasteiger partial charge in [-0.25, -0.2) is 14.9 Å². The number of amides is 1. The first-order valence-corrected chi connectivity index (χ1v) is 6.03. The van der Waals surface area contributed by atoms with Crippen LogP contribution in [0.15, 0.2) is 12.3 Å². The van der Waals surface area contributed by atoms with Crippen molar-refractivity contribution < 1.29 is 14.4 Å². The highest BCUT2D eigenvalue weighted by molar-refractivity contribution is 5.93. The molecule has 96 valence electrons. The molecule has 3 rings (SSSR count). The molecule has 1 aromatic heterocycles. The average Bonchev–Trinajstić information content (AvgIpc) is 3.23. The molecule has 1 amide bonds. The van der Waals surface area contributed by atoms with E-state index in [-0.39, 0.29) is 16.9 Å². The van der Waals surface area contributed by atoms with E-state index in [1.807, 2.05) is 0 Å². The zero-order chi connectivity index (χ0) is 12.8. The zero-order valence-electron chi connectivity index (χ0n) is 9.74. The number of nitrogens with zero attached hydrogens (tertiary/aromatic N) is 1. The maximum absolute atomic E-state index is 13.8. The van der Waals surface area contributed by atoms with Gasteiger partial charge in [-0.05, 0) is 37.7 Å². The fraction of sp³-hybridized carbons (Fsp3) is 0.500. The monoisotopic (exact) mass is 251 g/mol. The molecule has 3 N–H and O–H groups in total. The minimum atomic E-state index is -0.767. The molecule has 1 heterocycles. The molecular weight excluding hydrogens is 237 g/mol. The standard InChI is InChI=1S/C12H14FN3O2/c13-9-5-7(11(17)16-18)6-14-10(9)15-12(3-4-12)8-1-2-8/h5-6,8,18H,1-4H2,(H,14,15)(H,16,17). The van der Waals surface area contributed by atoms with Crippen molar-refractivity contribution in [2.75, 3.05) is 5.32 Å². The molecule has 2 fully saturated rings. The smallest absolute Gasteiger partial charge is 0.276 e. The third-order valence-corrected chi connectivity index (χ3v) is 3.72. The Hall–Kier alpha value is -1.69. The molecule has 0 bridgehead atoms. The van der Waals surface area contributed by atoms with Gasteiger partial charge in [0.05, 0.1) is 5.56 Å². The second-order valence-electron chi connectivity index (χ2n) is 5.05. The highest BCUT2D eigenvalue weighted by atomic mass is 19.1. The third-order valence-electron chi connectivity index (χ3n) is 3.72. The molecule has 0 radical (unpaired) electrons. The maximum atomic E-state index is 13.8. The van der Waals surface area contributed by atoms with Crippen LogP contribution in [-0.4, -0.2) is 21.6 Å². The van der Waals surface area contributed by atoms with Gasteiger partial charge in [0, 0.05) is 11.7 Å². The lowest BCUT2D eigenvalue weighted by Gasteiger charge is -2.17. The first kappa shape index (κ1) is 11.4. The van der Waals surface area contributed by atoms with E-state index in [4.69, 9.17) is 5.21 Å². The summed E-state index contributed by atoms with van der Waals surface area (Å²) in [5, 5.41) is 11.6. The van der Waals surface area contributed by atoms with Crippen molar-refractivity contribution in [3.8, 4) is 0 Å². The lowest BCUT2D eigenvalue weighted by molar-refractivity contribution is 0.0705. The van der Waals surface area contributed by atoms with Crippen molar-refractivity contribution in [2.45, 2.75) is 31.2 Å². The number of rotatable bonds is 4. The van der Waals surface area contributed by atoms with Gasteiger partial charge in [-0.1, -0.05) is 0 Å². The zero-order valence-corrected chi connectivity index (χ0v) is 9.74. The Labute approximate surface area is 103 Å². The van der Waals surface area contributed by atoms with Crippen LogP contribution >= 0.6 is 0 Å². The van der Waals surface area contributed by atoms with Crippen LogP contribution in [0.5, 0.6) is 0 Å². The number of carbonyl (C=O) groups is 1. The van der Waals surface area contributed by atoms with Crippen molar-refractivity contribution in [3.63, 3.8) is 0 Å². The summed E-state index contributed by atoms with van der Waals surface area (Å²) < 4.78 is 13.8. The van der Waals surface area contributed by atoms with Crippen LogP contribution in [0, 0.1) is 11.7 Å². The van der Waals surface area contributed by atoms with Gasteiger partial charge in [0.15, 0.2) is 11.6 Å². The molecule has 0 aromatic carbocycles. The van der Waals surface area contributed by atoms with E-state index in [0.29, 0.717) is 5.92 Å². The highest BCUT2D eigenvalue weighted by Crippen LogP contribution is 2.55. The largest absolute Gasteiger partial charge is 0.362 e. The number of nitrogens with one attached hydrogen (secondary N) is 2. The molecule has 0 atom stereocenters. The molecule has 2 aliphatic rings. The maximum Gasteiger partial charge on any atom is 0.276 e. The summed E-state index contributed by atoms with van der Waals surface area (Å²) in [6, 6.07) is 1.07. The Morgan fingerprint density at radius 3 is 2.72 bits per heavy atom. The number of hydrogen-bond acceptors (Lipinski definition) is 4. The minimum absolute atomic E-state index is 0.00295. The van der Waals surface area contributed by atoms with Crippen molar-refractivity contribution in [2.24, 2.45) is 5.92 Å². The van der Waals surface area contributed by atoms with E-state index >= 15 is 0 Å². The van der Waals surface area contributed by atoms with E-state index in [1.54, 1.807) is 0 Å². The van der Waals surface area contributed by atoms with Crippen molar-refractivity contribution in [1.82, 2.24) is 10.5 Å². The van der Waals surface area contributed by atoms with E-state index in [1.165, 1.54) is 24.5 Å². The summed E-state index contributed by atoms with van der Waals surface area (Å²) in [5.74, 6) is -0.507. The number of pyridine rings is 1. The van der Waals surface area contributed by atoms with Crippen LogP contribution < -0.4 is 10.8 Å². The van der Waals surface area contributed by atoms with Crippen LogP contribution in [0.25, 0.3) is 0 Å². The Morgan fingerprint density at radius 2 is 2.22 bits per heavy atom. The predicted molar refractivity (Wildman–Crippen MR) is 61.8 cm³/mol. The SMILES string of the molecule is O=C(NO)c1cnc(NC2(C3CC3)CC2)c(F)c1. The van der Waals surface area contributed by atoms with Crippen LogP contribution in [0.3, 0.4) is 0 Å². The van der Waals surface area contributed by atoms with Gasteiger partial charge in [-0.2, -0.15) is 0 Å². The van der Waals surface area contributed by atoms with Gasteiger partial charge in [-0.15, -0.1) is 0 Å². The van der Waals surface area contributed by atoms with E-state index in [0.717, 1.165) is 18.9 Å². The summed E-state index contributed by atoms with van der Waals surface area (Å²) in [4.78, 5) is 15.0. The molecule has 0 aliphatic heterocycles. The number of carbonyl (C=O) groups excluding carboxylic acids is 1. The molecule has 0 saturated heterocycles. The number of anilines is 1. The highest BCUT2D eigenvalue weighted by Gasteiger charge is 2.54. The molecule has 18 heavy (non-hydrogen) atoms. The van der Waals surface area contributed by atoms with Crippen LogP contribution in [0.4, 0.5) is 10.2 Å². The van der Waals surface area contributed by atoms with Crippen LogP contribution in [0.2, 0.25) is 0 Å². The van der Waals surface area contributed by atoms with Gasteiger partial charge in [-0.3, -0.25) is 10.0 Å². The lowest BCUT2D eigenvalue weighted by atomic mass is 10.1. The van der Waals surface area contributed by atoms with Crippen molar-refractivity contribution in [1.29, 1.82) is 0 Å². The fourth-order valence-electron chi connectivity index (χ4n) is 2.36. The van der Waals surface area contributed by atoms with Crippen LogP contribution in [0.1, 0.15) is 36.0 Å². The molecule has 2 saturated carbocycles. The lowest BCUT2D eigenvalue weighted by Crippen LogP contribution is -2.25. The summed E-state index contributed by atoms with van der Waals surface area (Å²) >= 11 is 0. The molecule has 0 spiro atoms. The van der Waals surface area contributed by atoms with Crippen LogP contribution in [-0.2, 0) is 0 Å². The van der Waals surface area contributed by atoms with Crippen molar-refractivity contribution in [3.05, 3.63) is 23.6 Å². The quantitative estimate of drug-likeness (QED) is 0.562. The third kappa shape index (κ3) is 1.92. The van der Waals surface area contributed by atoms with Gasteiger partial charge >= 0.3 is 0 Å². The molecule has 6 heteroatoms. The van der Waals surface area contributed by atoms with E-state index in [2.05, 4.69) is 10.3 Å². The summed E-state index contributed by atoms with van der Waals surface area (Å²) in [7, 11) is 0. The molecule has 2 aliphatic carbocycles. The fourth-order valence-corrected chi connectivity index (χ4v) is 2.36. The number of halogens is 1. The summed E-state index contributed by atoms with van der Waals surface area (Å²) in [6.07, 6.45) is 5.74. The topological polar surface area (TPSA) is 74.2 Å². The van der Waals surface area contributed by atoms with Gasteiger partial charge in [0.25, 0.3) is 5.91 Å². The van der Waals surface area contributed by atoms with E-state index in [9.17, 15) is 9.18 Å². The Bertz CT molecular complexity index is 498. The number of hydrogen-bond donors (Lipinski definition) is 3. The predicted octanol–water partition coefficient (Wildman–Crippen LogP) is 1.69.